The number of nitrogens with zero attached hydrogens (tertiary/aromatic N) is 3. The second kappa shape index (κ2) is 8.98. The first-order valence-corrected chi connectivity index (χ1v) is 6.73. The Bertz CT molecular complexity index is 761. The Labute approximate surface area is 148 Å². The predicted octanol–water partition coefficient (Wildman–Crippen LogP) is 3.26. The van der Waals surface area contributed by atoms with E-state index >= 15 is 0 Å². The zero-order valence-corrected chi connectivity index (χ0v) is 15.1. The first kappa shape index (κ1) is 18.7. The molecule has 0 fully saturated rings. The van der Waals surface area contributed by atoms with E-state index in [0.29, 0.717) is 0 Å². The van der Waals surface area contributed by atoms with Gasteiger partial charge in [-0.05, 0) is 31.7 Å². The summed E-state index contributed by atoms with van der Waals surface area (Å²) in [7, 11) is 0. The fraction of sp³-hybridized carbons (Fsp3) is 0.118. The summed E-state index contributed by atoms with van der Waals surface area (Å²) in [5.41, 5.74) is 2.65. The molecule has 2 aromatic carbocycles. The SMILES string of the molecule is CC(=O)C=C(C)O.[Ir].[c-]1ccccc1-n1nc2ccccc2n1. The van der Waals surface area contributed by atoms with Gasteiger partial charge in [0.2, 0.25) is 0 Å². The Balaban J connectivity index is 0.000000287. The monoisotopic (exact) mass is 487 g/mol. The normalized spacial score (nSPS) is 10.4. The van der Waals surface area contributed by atoms with Crippen molar-refractivity contribution in [2.24, 2.45) is 0 Å². The number of para-hydroxylation sites is 1. The van der Waals surface area contributed by atoms with Crippen LogP contribution in [0.25, 0.3) is 16.7 Å². The summed E-state index contributed by atoms with van der Waals surface area (Å²) in [5.74, 6) is -0.0625. The molecule has 0 aliphatic carbocycles. The van der Waals surface area contributed by atoms with Crippen molar-refractivity contribution in [3.63, 3.8) is 0 Å². The molecule has 0 unspecified atom stereocenters. The minimum Gasteiger partial charge on any atom is -0.512 e. The molecular weight excluding hydrogens is 470 g/mol. The van der Waals surface area contributed by atoms with E-state index < -0.39 is 0 Å². The Morgan fingerprint density at radius 1 is 1.09 bits per heavy atom. The van der Waals surface area contributed by atoms with E-state index in [1.807, 2.05) is 48.5 Å². The minimum absolute atomic E-state index is 0. The van der Waals surface area contributed by atoms with Crippen molar-refractivity contribution in [1.82, 2.24) is 15.0 Å². The summed E-state index contributed by atoms with van der Waals surface area (Å²) < 4.78 is 0. The van der Waals surface area contributed by atoms with Crippen molar-refractivity contribution in [1.29, 1.82) is 0 Å². The van der Waals surface area contributed by atoms with Gasteiger partial charge in [-0.3, -0.25) is 4.79 Å². The second-order valence-corrected chi connectivity index (χ2v) is 4.62. The molecule has 0 atom stereocenters. The van der Waals surface area contributed by atoms with E-state index in [1.54, 1.807) is 4.80 Å². The van der Waals surface area contributed by atoms with E-state index in [2.05, 4.69) is 16.3 Å². The van der Waals surface area contributed by atoms with Gasteiger partial charge in [0, 0.05) is 26.2 Å². The van der Waals surface area contributed by atoms with E-state index in [-0.39, 0.29) is 31.6 Å². The number of aromatic nitrogens is 3. The molecule has 0 saturated heterocycles. The molecule has 0 aliphatic rings. The van der Waals surface area contributed by atoms with Gasteiger partial charge in [-0.25, -0.2) is 0 Å². The molecule has 1 aromatic heterocycles. The summed E-state index contributed by atoms with van der Waals surface area (Å²) >= 11 is 0. The van der Waals surface area contributed by atoms with Crippen LogP contribution in [0.15, 0.2) is 60.4 Å². The average Bonchev–Trinajstić information content (AvgIpc) is 2.91. The van der Waals surface area contributed by atoms with Gasteiger partial charge in [-0.1, -0.05) is 12.1 Å². The molecule has 3 aromatic rings. The maximum atomic E-state index is 10.0. The number of benzene rings is 2. The molecule has 0 saturated carbocycles. The van der Waals surface area contributed by atoms with Crippen molar-refractivity contribution in [3.05, 3.63) is 66.4 Å². The Kier molecular flexibility index (Phi) is 7.32. The van der Waals surface area contributed by atoms with Crippen molar-refractivity contribution in [3.8, 4) is 5.69 Å². The van der Waals surface area contributed by atoms with Crippen molar-refractivity contribution >= 4 is 16.8 Å². The van der Waals surface area contributed by atoms with Crippen molar-refractivity contribution in [2.75, 3.05) is 0 Å². The van der Waals surface area contributed by atoms with Gasteiger partial charge in [0.1, 0.15) is 11.0 Å². The summed E-state index contributed by atoms with van der Waals surface area (Å²) in [6.07, 6.45) is 1.17. The molecular formula is C17H16IrN3O2-. The third-order valence-electron chi connectivity index (χ3n) is 2.61. The summed E-state index contributed by atoms with van der Waals surface area (Å²) in [6, 6.07) is 18.5. The van der Waals surface area contributed by atoms with Gasteiger partial charge in [-0.15, -0.1) is 6.07 Å². The largest absolute Gasteiger partial charge is 0.512 e. The topological polar surface area (TPSA) is 68.0 Å². The van der Waals surface area contributed by atoms with Crippen LogP contribution in [0, 0.1) is 6.07 Å². The standard InChI is InChI=1S/C12H8N3.C5H8O2.Ir/c1-2-6-10(7-3-1)15-13-11-8-4-5-9-12(11)14-15;1-4(6)3-5(2)7;/h1-6,8-9H;3,6H,1-2H3;/q-1;;. The molecule has 121 valence electrons. The quantitative estimate of drug-likeness (QED) is 0.343. The van der Waals surface area contributed by atoms with Crippen molar-refractivity contribution < 1.29 is 30.0 Å². The molecule has 5 nitrogen and oxygen atoms in total. The third kappa shape index (κ3) is 5.77. The zero-order valence-electron chi connectivity index (χ0n) is 12.7. The van der Waals surface area contributed by atoms with Gasteiger partial charge in [0.15, 0.2) is 5.78 Å². The Morgan fingerprint density at radius 3 is 2.04 bits per heavy atom. The van der Waals surface area contributed by atoms with Crippen LogP contribution in [0.1, 0.15) is 13.8 Å². The van der Waals surface area contributed by atoms with E-state index in [4.69, 9.17) is 5.11 Å². The van der Waals surface area contributed by atoms with Gasteiger partial charge < -0.3 is 5.11 Å². The van der Waals surface area contributed by atoms with Crippen LogP contribution >= 0.6 is 0 Å². The van der Waals surface area contributed by atoms with Crippen LogP contribution in [0.5, 0.6) is 0 Å². The van der Waals surface area contributed by atoms with Gasteiger partial charge >= 0.3 is 0 Å². The Hall–Kier alpha value is -2.30. The third-order valence-corrected chi connectivity index (χ3v) is 2.61. The number of carbonyl (C=O) groups is 1. The number of hydrogen-bond donors (Lipinski definition) is 1. The molecule has 0 spiro atoms. The molecule has 1 heterocycles. The summed E-state index contributed by atoms with van der Waals surface area (Å²) in [6.45, 7) is 2.85. The number of hydrogen-bond acceptors (Lipinski definition) is 4. The zero-order chi connectivity index (χ0) is 15.9. The molecule has 1 radical (unpaired) electrons. The van der Waals surface area contributed by atoms with E-state index in [1.165, 1.54) is 19.9 Å². The fourth-order valence-electron chi connectivity index (χ4n) is 1.77. The van der Waals surface area contributed by atoms with Gasteiger partial charge in [0.05, 0.1) is 5.76 Å². The number of aliphatic hydroxyl groups excluding tert-OH is 1. The number of fused-ring (bicyclic) bond motifs is 1. The van der Waals surface area contributed by atoms with E-state index in [0.717, 1.165) is 16.7 Å². The predicted molar refractivity (Wildman–Crippen MR) is 84.8 cm³/mol. The number of ketones is 1. The molecule has 23 heavy (non-hydrogen) atoms. The molecule has 0 amide bonds. The van der Waals surface area contributed by atoms with Crippen LogP contribution in [0.2, 0.25) is 0 Å². The van der Waals surface area contributed by atoms with Crippen molar-refractivity contribution in [2.45, 2.75) is 13.8 Å². The van der Waals surface area contributed by atoms with Crippen LogP contribution < -0.4 is 0 Å². The first-order valence-electron chi connectivity index (χ1n) is 6.73. The summed E-state index contributed by atoms with van der Waals surface area (Å²) in [5, 5.41) is 17.1. The van der Waals surface area contributed by atoms with Crippen LogP contribution in [-0.4, -0.2) is 25.9 Å². The second-order valence-electron chi connectivity index (χ2n) is 4.62. The molecule has 6 heteroatoms. The van der Waals surface area contributed by atoms with Gasteiger partial charge in [0.25, 0.3) is 0 Å². The number of rotatable bonds is 2. The molecule has 0 bridgehead atoms. The first-order chi connectivity index (χ1) is 10.6. The number of allylic oxidation sites excluding steroid dienone is 2. The number of carbonyl (C=O) groups excluding carboxylic acids is 1. The molecule has 1 N–H and O–H groups in total. The maximum Gasteiger partial charge on any atom is 0.155 e. The number of aliphatic hydroxyl groups is 1. The Morgan fingerprint density at radius 2 is 1.65 bits per heavy atom. The smallest absolute Gasteiger partial charge is 0.155 e. The van der Waals surface area contributed by atoms with Crippen LogP contribution in [0.3, 0.4) is 0 Å². The molecule has 3 rings (SSSR count). The van der Waals surface area contributed by atoms with Gasteiger partial charge in [-0.2, -0.15) is 39.3 Å². The molecule has 0 aliphatic heterocycles. The fourth-order valence-corrected chi connectivity index (χ4v) is 1.77. The maximum absolute atomic E-state index is 10.0. The average molecular weight is 487 g/mol. The van der Waals surface area contributed by atoms with Crippen LogP contribution in [-0.2, 0) is 24.9 Å². The summed E-state index contributed by atoms with van der Waals surface area (Å²) in [4.78, 5) is 11.6. The van der Waals surface area contributed by atoms with E-state index in [9.17, 15) is 4.79 Å². The van der Waals surface area contributed by atoms with Crippen LogP contribution in [0.4, 0.5) is 0 Å². The minimum atomic E-state index is -0.125.